The number of nitrogens with one attached hydrogen (secondary N) is 1. The number of hydrogen-bond acceptors (Lipinski definition) is 2. The predicted octanol–water partition coefficient (Wildman–Crippen LogP) is 3.85. The summed E-state index contributed by atoms with van der Waals surface area (Å²) in [5.41, 5.74) is 2.18. The van der Waals surface area contributed by atoms with E-state index in [1.54, 1.807) is 0 Å². The van der Waals surface area contributed by atoms with Crippen LogP contribution >= 0.6 is 0 Å². The van der Waals surface area contributed by atoms with Gasteiger partial charge in [0, 0.05) is 25.4 Å². The zero-order chi connectivity index (χ0) is 16.8. The standard InChI is InChI=1S/C20H27N3O/c1-2-15-23-18-12-7-6-11-17(18)22-19(23)13-8-14-21-20(24)16-9-4-3-5-10-16/h2,6-7,11-12,16H,1,3-5,8-10,13-15H2,(H,21,24). The van der Waals surface area contributed by atoms with E-state index in [1.165, 1.54) is 19.3 Å². The van der Waals surface area contributed by atoms with Crippen LogP contribution in [0.15, 0.2) is 36.9 Å². The van der Waals surface area contributed by atoms with Gasteiger partial charge in [-0.3, -0.25) is 4.79 Å². The van der Waals surface area contributed by atoms with E-state index in [1.807, 2.05) is 24.3 Å². The zero-order valence-electron chi connectivity index (χ0n) is 14.3. The van der Waals surface area contributed by atoms with Crippen LogP contribution in [0.2, 0.25) is 0 Å². The Bertz CT molecular complexity index is 698. The van der Waals surface area contributed by atoms with E-state index in [4.69, 9.17) is 4.98 Å². The Morgan fingerprint density at radius 2 is 2.08 bits per heavy atom. The van der Waals surface area contributed by atoms with E-state index in [0.717, 1.165) is 55.6 Å². The second-order valence-corrected chi connectivity index (χ2v) is 6.65. The van der Waals surface area contributed by atoms with Gasteiger partial charge in [-0.25, -0.2) is 4.98 Å². The molecule has 4 nitrogen and oxygen atoms in total. The van der Waals surface area contributed by atoms with Crippen molar-refractivity contribution < 1.29 is 4.79 Å². The zero-order valence-corrected chi connectivity index (χ0v) is 14.3. The van der Waals surface area contributed by atoms with Crippen molar-refractivity contribution in [3.63, 3.8) is 0 Å². The molecule has 1 amide bonds. The van der Waals surface area contributed by atoms with Crippen molar-refractivity contribution in [3.05, 3.63) is 42.7 Å². The van der Waals surface area contributed by atoms with Gasteiger partial charge in [0.1, 0.15) is 5.82 Å². The van der Waals surface area contributed by atoms with Gasteiger partial charge in [0.15, 0.2) is 0 Å². The van der Waals surface area contributed by atoms with Gasteiger partial charge in [-0.2, -0.15) is 0 Å². The van der Waals surface area contributed by atoms with E-state index >= 15 is 0 Å². The Hall–Kier alpha value is -2.10. The van der Waals surface area contributed by atoms with Gasteiger partial charge < -0.3 is 9.88 Å². The molecule has 1 aliphatic rings. The van der Waals surface area contributed by atoms with E-state index in [9.17, 15) is 4.79 Å². The van der Waals surface area contributed by atoms with Crippen LogP contribution in [0.1, 0.15) is 44.3 Å². The largest absolute Gasteiger partial charge is 0.356 e. The van der Waals surface area contributed by atoms with Crippen molar-refractivity contribution in [1.29, 1.82) is 0 Å². The third-order valence-corrected chi connectivity index (χ3v) is 4.90. The highest BCUT2D eigenvalue weighted by atomic mass is 16.1. The first kappa shape index (κ1) is 16.7. The van der Waals surface area contributed by atoms with Crippen LogP contribution in [-0.2, 0) is 17.8 Å². The first-order chi connectivity index (χ1) is 11.8. The lowest BCUT2D eigenvalue weighted by molar-refractivity contribution is -0.125. The number of hydrogen-bond donors (Lipinski definition) is 1. The van der Waals surface area contributed by atoms with Crippen LogP contribution < -0.4 is 5.32 Å². The molecule has 1 aromatic carbocycles. The number of carbonyl (C=O) groups excluding carboxylic acids is 1. The lowest BCUT2D eigenvalue weighted by atomic mass is 9.89. The fourth-order valence-corrected chi connectivity index (χ4v) is 3.62. The smallest absolute Gasteiger partial charge is 0.223 e. The summed E-state index contributed by atoms with van der Waals surface area (Å²) in [6, 6.07) is 8.20. The summed E-state index contributed by atoms with van der Waals surface area (Å²) < 4.78 is 2.21. The van der Waals surface area contributed by atoms with Gasteiger partial charge in [0.25, 0.3) is 0 Å². The molecule has 0 saturated heterocycles. The quantitative estimate of drug-likeness (QED) is 0.621. The maximum Gasteiger partial charge on any atom is 0.223 e. The molecule has 0 radical (unpaired) electrons. The monoisotopic (exact) mass is 325 g/mol. The maximum atomic E-state index is 12.2. The molecule has 1 fully saturated rings. The van der Waals surface area contributed by atoms with Crippen molar-refractivity contribution in [2.75, 3.05) is 6.54 Å². The lowest BCUT2D eigenvalue weighted by Crippen LogP contribution is -2.32. The molecule has 0 unspecified atom stereocenters. The van der Waals surface area contributed by atoms with Crippen LogP contribution in [0, 0.1) is 5.92 Å². The molecule has 0 aliphatic heterocycles. The number of allylic oxidation sites excluding steroid dienone is 1. The molecule has 1 heterocycles. The molecule has 0 spiro atoms. The minimum atomic E-state index is 0.240. The highest BCUT2D eigenvalue weighted by Gasteiger charge is 2.20. The van der Waals surface area contributed by atoms with Crippen molar-refractivity contribution in [2.24, 2.45) is 5.92 Å². The average Bonchev–Trinajstić information content (AvgIpc) is 2.97. The summed E-state index contributed by atoms with van der Waals surface area (Å²) in [7, 11) is 0. The number of fused-ring (bicyclic) bond motifs is 1. The second kappa shape index (κ2) is 8.13. The summed E-state index contributed by atoms with van der Waals surface area (Å²) in [6.45, 7) is 5.35. The summed E-state index contributed by atoms with van der Waals surface area (Å²) in [4.78, 5) is 16.9. The molecular formula is C20H27N3O. The molecule has 2 aromatic rings. The number of imidazole rings is 1. The number of nitrogens with zero attached hydrogens (tertiary/aromatic N) is 2. The summed E-state index contributed by atoms with van der Waals surface area (Å²) >= 11 is 0. The van der Waals surface area contributed by atoms with Gasteiger partial charge in [0.05, 0.1) is 11.0 Å². The van der Waals surface area contributed by atoms with Gasteiger partial charge in [-0.1, -0.05) is 37.5 Å². The minimum absolute atomic E-state index is 0.240. The Morgan fingerprint density at radius 1 is 1.29 bits per heavy atom. The van der Waals surface area contributed by atoms with Gasteiger partial charge in [-0.15, -0.1) is 6.58 Å². The molecule has 0 bridgehead atoms. The van der Waals surface area contributed by atoms with Crippen molar-refractivity contribution in [1.82, 2.24) is 14.9 Å². The number of rotatable bonds is 7. The molecule has 1 aromatic heterocycles. The van der Waals surface area contributed by atoms with Gasteiger partial charge in [0.2, 0.25) is 5.91 Å². The fraction of sp³-hybridized carbons (Fsp3) is 0.500. The van der Waals surface area contributed by atoms with Crippen LogP contribution in [0.4, 0.5) is 0 Å². The van der Waals surface area contributed by atoms with Crippen molar-refractivity contribution >= 4 is 16.9 Å². The number of benzene rings is 1. The Morgan fingerprint density at radius 3 is 2.88 bits per heavy atom. The number of aromatic nitrogens is 2. The second-order valence-electron chi connectivity index (χ2n) is 6.65. The molecule has 1 aliphatic carbocycles. The fourth-order valence-electron chi connectivity index (χ4n) is 3.62. The molecule has 24 heavy (non-hydrogen) atoms. The predicted molar refractivity (Wildman–Crippen MR) is 97.8 cm³/mol. The normalized spacial score (nSPS) is 15.5. The maximum absolute atomic E-state index is 12.2. The first-order valence-electron chi connectivity index (χ1n) is 9.12. The molecule has 1 saturated carbocycles. The molecule has 4 heteroatoms. The van der Waals surface area contributed by atoms with E-state index in [0.29, 0.717) is 0 Å². The molecule has 1 N–H and O–H groups in total. The van der Waals surface area contributed by atoms with E-state index < -0.39 is 0 Å². The number of carbonyl (C=O) groups is 1. The number of amides is 1. The Kier molecular flexibility index (Phi) is 5.68. The Labute approximate surface area is 144 Å². The van der Waals surface area contributed by atoms with Crippen LogP contribution in [0.3, 0.4) is 0 Å². The highest BCUT2D eigenvalue weighted by molar-refractivity contribution is 5.78. The SMILES string of the molecule is C=CCn1c(CCCNC(=O)C2CCCCC2)nc2ccccc21. The molecular weight excluding hydrogens is 298 g/mol. The first-order valence-corrected chi connectivity index (χ1v) is 9.12. The number of para-hydroxylation sites is 2. The molecule has 0 atom stereocenters. The van der Waals surface area contributed by atoms with Gasteiger partial charge >= 0.3 is 0 Å². The van der Waals surface area contributed by atoms with E-state index in [-0.39, 0.29) is 11.8 Å². The van der Waals surface area contributed by atoms with Crippen molar-refractivity contribution in [3.8, 4) is 0 Å². The van der Waals surface area contributed by atoms with Crippen LogP contribution in [0.5, 0.6) is 0 Å². The number of aryl methyl sites for hydroxylation is 1. The lowest BCUT2D eigenvalue weighted by Gasteiger charge is -2.20. The topological polar surface area (TPSA) is 46.9 Å². The summed E-state index contributed by atoms with van der Waals surface area (Å²) in [6.07, 6.45) is 9.48. The molecule has 3 rings (SSSR count). The van der Waals surface area contributed by atoms with E-state index in [2.05, 4.69) is 22.5 Å². The van der Waals surface area contributed by atoms with Crippen molar-refractivity contribution in [2.45, 2.75) is 51.5 Å². The van der Waals surface area contributed by atoms with Gasteiger partial charge in [-0.05, 0) is 31.4 Å². The highest BCUT2D eigenvalue weighted by Crippen LogP contribution is 2.23. The van der Waals surface area contributed by atoms with Crippen LogP contribution in [-0.4, -0.2) is 22.0 Å². The third kappa shape index (κ3) is 3.86. The summed E-state index contributed by atoms with van der Waals surface area (Å²) in [5, 5.41) is 3.11. The average molecular weight is 325 g/mol. The molecule has 128 valence electrons. The summed E-state index contributed by atoms with van der Waals surface area (Å²) in [5.74, 6) is 1.56. The minimum Gasteiger partial charge on any atom is -0.356 e. The van der Waals surface area contributed by atoms with Crippen LogP contribution in [0.25, 0.3) is 11.0 Å². The Balaban J connectivity index is 1.54. The third-order valence-electron chi connectivity index (χ3n) is 4.90.